The highest BCUT2D eigenvalue weighted by atomic mass is 19.1. The van der Waals surface area contributed by atoms with Crippen LogP contribution >= 0.6 is 0 Å². The van der Waals surface area contributed by atoms with E-state index < -0.39 is 5.82 Å². The molecule has 2 aromatic rings. The number of hydrogen-bond acceptors (Lipinski definition) is 1. The maximum atomic E-state index is 13.0. The van der Waals surface area contributed by atoms with Crippen molar-refractivity contribution in [2.24, 2.45) is 0 Å². The lowest BCUT2D eigenvalue weighted by Crippen LogP contribution is -1.94. The molecule has 0 spiro atoms. The summed E-state index contributed by atoms with van der Waals surface area (Å²) < 4.78 is 13.0. The fourth-order valence-electron chi connectivity index (χ4n) is 1.68. The molecule has 0 saturated heterocycles. The van der Waals surface area contributed by atoms with Gasteiger partial charge < -0.3 is 0 Å². The normalized spacial score (nSPS) is 10.8. The van der Waals surface area contributed by atoms with E-state index in [1.165, 1.54) is 24.3 Å². The van der Waals surface area contributed by atoms with Crippen LogP contribution in [0.1, 0.15) is 21.5 Å². The van der Waals surface area contributed by atoms with Gasteiger partial charge in [0.25, 0.3) is 0 Å². The van der Waals surface area contributed by atoms with Gasteiger partial charge in [-0.2, -0.15) is 0 Å². The predicted molar refractivity (Wildman–Crippen MR) is 70.9 cm³/mol. The third kappa shape index (κ3) is 3.14. The molecule has 2 rings (SSSR count). The zero-order valence-corrected chi connectivity index (χ0v) is 10.1. The quantitative estimate of drug-likeness (QED) is 0.584. The smallest absolute Gasteiger partial charge is 0.185 e. The molecule has 0 atom stereocenters. The van der Waals surface area contributed by atoms with Crippen LogP contribution < -0.4 is 0 Å². The van der Waals surface area contributed by atoms with Crippen molar-refractivity contribution in [1.82, 2.24) is 0 Å². The van der Waals surface area contributed by atoms with Gasteiger partial charge in [0.05, 0.1) is 0 Å². The molecule has 0 bridgehead atoms. The second-order valence-corrected chi connectivity index (χ2v) is 4.12. The number of carbonyl (C=O) groups is 1. The number of allylic oxidation sites excluding steroid dienone is 1. The molecule has 0 radical (unpaired) electrons. The molecule has 2 heteroatoms. The van der Waals surface area contributed by atoms with Gasteiger partial charge in [-0.25, -0.2) is 4.39 Å². The van der Waals surface area contributed by atoms with Crippen LogP contribution in [-0.2, 0) is 0 Å². The molecule has 0 aliphatic rings. The molecular formula is C16H13FO. The third-order valence-electron chi connectivity index (χ3n) is 2.58. The molecule has 0 unspecified atom stereocenters. The third-order valence-corrected chi connectivity index (χ3v) is 2.58. The van der Waals surface area contributed by atoms with E-state index in [1.54, 1.807) is 12.1 Å². The first-order valence-corrected chi connectivity index (χ1v) is 5.70. The largest absolute Gasteiger partial charge is 0.289 e. The van der Waals surface area contributed by atoms with Crippen molar-refractivity contribution in [3.8, 4) is 0 Å². The lowest BCUT2D eigenvalue weighted by Gasteiger charge is -1.97. The van der Waals surface area contributed by atoms with Crippen molar-refractivity contribution in [3.05, 3.63) is 77.1 Å². The Hall–Kier alpha value is -2.22. The molecule has 0 aliphatic carbocycles. The van der Waals surface area contributed by atoms with Crippen LogP contribution in [0.3, 0.4) is 0 Å². The fraction of sp³-hybridized carbons (Fsp3) is 0.0625. The summed E-state index contributed by atoms with van der Waals surface area (Å²) in [5.41, 5.74) is 2.45. The molecule has 0 aliphatic heterocycles. The van der Waals surface area contributed by atoms with Gasteiger partial charge in [-0.05, 0) is 30.7 Å². The molecule has 2 aromatic carbocycles. The first-order chi connectivity index (χ1) is 8.65. The number of halogens is 1. The average Bonchev–Trinajstić information content (AvgIpc) is 2.36. The minimum absolute atomic E-state index is 0.198. The summed E-state index contributed by atoms with van der Waals surface area (Å²) in [6.45, 7) is 1.99. The van der Waals surface area contributed by atoms with Crippen molar-refractivity contribution in [2.45, 2.75) is 6.92 Å². The first-order valence-electron chi connectivity index (χ1n) is 5.70. The topological polar surface area (TPSA) is 17.1 Å². The van der Waals surface area contributed by atoms with E-state index in [0.717, 1.165) is 11.1 Å². The van der Waals surface area contributed by atoms with Crippen molar-refractivity contribution < 1.29 is 9.18 Å². The van der Waals surface area contributed by atoms with Gasteiger partial charge in [0.2, 0.25) is 0 Å². The van der Waals surface area contributed by atoms with E-state index >= 15 is 0 Å². The minimum Gasteiger partial charge on any atom is -0.289 e. The minimum atomic E-state index is -0.398. The number of ketones is 1. The Labute approximate surface area is 106 Å². The summed E-state index contributed by atoms with van der Waals surface area (Å²) in [6, 6.07) is 13.5. The van der Waals surface area contributed by atoms with Gasteiger partial charge in [-0.1, -0.05) is 48.0 Å². The Bertz CT molecular complexity index is 600. The molecule has 0 saturated carbocycles. The molecule has 0 heterocycles. The van der Waals surface area contributed by atoms with Crippen LogP contribution in [0.2, 0.25) is 0 Å². The van der Waals surface area contributed by atoms with Gasteiger partial charge in [-0.15, -0.1) is 0 Å². The zero-order valence-electron chi connectivity index (χ0n) is 10.1. The fourth-order valence-corrected chi connectivity index (χ4v) is 1.68. The Morgan fingerprint density at radius 2 is 1.89 bits per heavy atom. The molecule has 18 heavy (non-hydrogen) atoms. The summed E-state index contributed by atoms with van der Waals surface area (Å²) in [5, 5.41) is 0. The summed E-state index contributed by atoms with van der Waals surface area (Å²) in [7, 11) is 0. The van der Waals surface area contributed by atoms with Gasteiger partial charge in [0, 0.05) is 5.56 Å². The van der Waals surface area contributed by atoms with Crippen LogP contribution in [0.25, 0.3) is 6.08 Å². The van der Waals surface area contributed by atoms with Crippen LogP contribution in [0.5, 0.6) is 0 Å². The van der Waals surface area contributed by atoms with Crippen molar-refractivity contribution in [2.75, 3.05) is 0 Å². The van der Waals surface area contributed by atoms with Crippen molar-refractivity contribution >= 4 is 11.9 Å². The lowest BCUT2D eigenvalue weighted by molar-refractivity contribution is 0.104. The predicted octanol–water partition coefficient (Wildman–Crippen LogP) is 4.03. The Balaban J connectivity index is 2.17. The molecule has 0 amide bonds. The molecule has 0 N–H and O–H groups in total. The molecule has 0 aromatic heterocycles. The highest BCUT2D eigenvalue weighted by Crippen LogP contribution is 2.09. The van der Waals surface area contributed by atoms with E-state index in [-0.39, 0.29) is 5.78 Å². The highest BCUT2D eigenvalue weighted by Gasteiger charge is 2.02. The summed E-state index contributed by atoms with van der Waals surface area (Å²) in [5.74, 6) is -0.596. The number of rotatable bonds is 3. The summed E-state index contributed by atoms with van der Waals surface area (Å²) in [6.07, 6.45) is 3.20. The molecule has 90 valence electrons. The SMILES string of the molecule is Cc1cccc(/C=C/C(=O)c2cccc(F)c2)c1. The van der Waals surface area contributed by atoms with Gasteiger partial charge >= 0.3 is 0 Å². The first kappa shape index (κ1) is 12.2. The monoisotopic (exact) mass is 240 g/mol. The van der Waals surface area contributed by atoms with Crippen molar-refractivity contribution in [1.29, 1.82) is 0 Å². The van der Waals surface area contributed by atoms with E-state index in [4.69, 9.17) is 0 Å². The second-order valence-electron chi connectivity index (χ2n) is 4.12. The van der Waals surface area contributed by atoms with E-state index in [2.05, 4.69) is 0 Å². The van der Waals surface area contributed by atoms with Gasteiger partial charge in [0.15, 0.2) is 5.78 Å². The van der Waals surface area contributed by atoms with Crippen LogP contribution in [0.4, 0.5) is 4.39 Å². The highest BCUT2D eigenvalue weighted by molar-refractivity contribution is 6.06. The second kappa shape index (κ2) is 5.41. The lowest BCUT2D eigenvalue weighted by atomic mass is 10.1. The van der Waals surface area contributed by atoms with Crippen LogP contribution in [0, 0.1) is 12.7 Å². The van der Waals surface area contributed by atoms with Gasteiger partial charge in [0.1, 0.15) is 5.82 Å². The van der Waals surface area contributed by atoms with Gasteiger partial charge in [-0.3, -0.25) is 4.79 Å². The van der Waals surface area contributed by atoms with E-state index in [0.29, 0.717) is 5.56 Å². The van der Waals surface area contributed by atoms with Crippen LogP contribution in [0.15, 0.2) is 54.6 Å². The maximum absolute atomic E-state index is 13.0. The average molecular weight is 240 g/mol. The number of carbonyl (C=O) groups excluding carboxylic acids is 1. The van der Waals surface area contributed by atoms with E-state index in [9.17, 15) is 9.18 Å². The maximum Gasteiger partial charge on any atom is 0.185 e. The molecule has 1 nitrogen and oxygen atoms in total. The number of hydrogen-bond donors (Lipinski definition) is 0. The van der Waals surface area contributed by atoms with Crippen molar-refractivity contribution in [3.63, 3.8) is 0 Å². The van der Waals surface area contributed by atoms with Crippen LogP contribution in [-0.4, -0.2) is 5.78 Å². The zero-order chi connectivity index (χ0) is 13.0. The number of benzene rings is 2. The molecule has 0 fully saturated rings. The summed E-state index contributed by atoms with van der Waals surface area (Å²) >= 11 is 0. The Morgan fingerprint density at radius 1 is 1.11 bits per heavy atom. The Kier molecular flexibility index (Phi) is 3.68. The van der Waals surface area contributed by atoms with E-state index in [1.807, 2.05) is 31.2 Å². The molecular weight excluding hydrogens is 227 g/mol. The standard InChI is InChI=1S/C16H13FO/c1-12-4-2-5-13(10-12)8-9-16(18)14-6-3-7-15(17)11-14/h2-11H,1H3/b9-8+. The Morgan fingerprint density at radius 3 is 2.61 bits per heavy atom. The summed E-state index contributed by atoms with van der Waals surface area (Å²) in [4.78, 5) is 11.8. The number of aryl methyl sites for hydroxylation is 1.